The van der Waals surface area contributed by atoms with Crippen LogP contribution in [-0.4, -0.2) is 26.5 Å². The molecule has 1 N–H and O–H groups in total. The van der Waals surface area contributed by atoms with E-state index in [2.05, 4.69) is 15.3 Å². The number of nitrogens with zero attached hydrogens (tertiary/aromatic N) is 3. The minimum absolute atomic E-state index is 0.166. The highest BCUT2D eigenvalue weighted by atomic mass is 32.2. The van der Waals surface area contributed by atoms with Gasteiger partial charge in [-0.3, -0.25) is 4.79 Å². The molecular formula is C14H14N4OS2. The van der Waals surface area contributed by atoms with Gasteiger partial charge < -0.3 is 9.72 Å². The SMILES string of the molecule is CSc1nc(C(=O)NCc2cn3c(C)cccc3n2)cs1. The van der Waals surface area contributed by atoms with E-state index in [1.54, 1.807) is 5.38 Å². The Bertz CT molecular complexity index is 793. The number of pyridine rings is 1. The summed E-state index contributed by atoms with van der Waals surface area (Å²) < 4.78 is 2.90. The normalized spacial score (nSPS) is 11.0. The first kappa shape index (κ1) is 14.1. The van der Waals surface area contributed by atoms with Gasteiger partial charge >= 0.3 is 0 Å². The van der Waals surface area contributed by atoms with Crippen LogP contribution in [0.3, 0.4) is 0 Å². The summed E-state index contributed by atoms with van der Waals surface area (Å²) in [6.45, 7) is 2.42. The number of fused-ring (bicyclic) bond motifs is 1. The number of imidazole rings is 1. The number of hydrogen-bond donors (Lipinski definition) is 1. The number of carbonyl (C=O) groups excluding carboxylic acids is 1. The molecule has 3 heterocycles. The van der Waals surface area contributed by atoms with E-state index in [0.717, 1.165) is 21.4 Å². The molecule has 1 amide bonds. The molecule has 0 bridgehead atoms. The Labute approximate surface area is 130 Å². The van der Waals surface area contributed by atoms with Gasteiger partial charge in [0.1, 0.15) is 15.7 Å². The second kappa shape index (κ2) is 5.87. The van der Waals surface area contributed by atoms with Crippen molar-refractivity contribution >= 4 is 34.7 Å². The highest BCUT2D eigenvalue weighted by Gasteiger charge is 2.11. The lowest BCUT2D eigenvalue weighted by Crippen LogP contribution is -2.23. The average Bonchev–Trinajstić information content (AvgIpc) is 3.12. The van der Waals surface area contributed by atoms with Crippen LogP contribution in [-0.2, 0) is 6.54 Å². The van der Waals surface area contributed by atoms with E-state index in [0.29, 0.717) is 12.2 Å². The molecule has 0 unspecified atom stereocenters. The molecule has 0 fully saturated rings. The predicted octanol–water partition coefficient (Wildman–Crippen LogP) is 2.75. The average molecular weight is 318 g/mol. The maximum atomic E-state index is 12.0. The van der Waals surface area contributed by atoms with Crippen LogP contribution in [0.2, 0.25) is 0 Å². The monoisotopic (exact) mass is 318 g/mol. The zero-order valence-electron chi connectivity index (χ0n) is 11.7. The zero-order chi connectivity index (χ0) is 14.8. The first-order chi connectivity index (χ1) is 10.2. The minimum Gasteiger partial charge on any atom is -0.345 e. The second-order valence-electron chi connectivity index (χ2n) is 4.51. The van der Waals surface area contributed by atoms with E-state index in [1.807, 2.05) is 42.0 Å². The van der Waals surface area contributed by atoms with Crippen LogP contribution in [0.1, 0.15) is 21.9 Å². The van der Waals surface area contributed by atoms with Crippen LogP contribution < -0.4 is 5.32 Å². The van der Waals surface area contributed by atoms with Crippen LogP contribution >= 0.6 is 23.1 Å². The van der Waals surface area contributed by atoms with Crippen molar-refractivity contribution in [1.29, 1.82) is 0 Å². The molecule has 5 nitrogen and oxygen atoms in total. The van der Waals surface area contributed by atoms with Crippen molar-refractivity contribution in [2.24, 2.45) is 0 Å². The van der Waals surface area contributed by atoms with E-state index in [-0.39, 0.29) is 5.91 Å². The molecule has 0 aliphatic heterocycles. The predicted molar refractivity (Wildman–Crippen MR) is 85.0 cm³/mol. The van der Waals surface area contributed by atoms with Crippen molar-refractivity contribution in [2.75, 3.05) is 6.26 Å². The lowest BCUT2D eigenvalue weighted by Gasteiger charge is -1.99. The lowest BCUT2D eigenvalue weighted by molar-refractivity contribution is 0.0946. The Kier molecular flexibility index (Phi) is 3.94. The van der Waals surface area contributed by atoms with Crippen LogP contribution in [0.25, 0.3) is 5.65 Å². The Morgan fingerprint density at radius 1 is 1.43 bits per heavy atom. The fourth-order valence-electron chi connectivity index (χ4n) is 2.00. The third-order valence-electron chi connectivity index (χ3n) is 3.07. The number of amides is 1. The number of aromatic nitrogens is 3. The summed E-state index contributed by atoms with van der Waals surface area (Å²) in [5.74, 6) is -0.166. The highest BCUT2D eigenvalue weighted by Crippen LogP contribution is 2.19. The van der Waals surface area contributed by atoms with Crippen LogP contribution in [0.15, 0.2) is 34.1 Å². The van der Waals surface area contributed by atoms with E-state index >= 15 is 0 Å². The number of hydrogen-bond acceptors (Lipinski definition) is 5. The summed E-state index contributed by atoms with van der Waals surface area (Å²) in [6.07, 6.45) is 3.89. The van der Waals surface area contributed by atoms with Gasteiger partial charge in [-0.05, 0) is 25.3 Å². The van der Waals surface area contributed by atoms with Crippen molar-refractivity contribution in [3.05, 3.63) is 46.9 Å². The molecule has 108 valence electrons. The van der Waals surface area contributed by atoms with Gasteiger partial charge in [0.15, 0.2) is 0 Å². The summed E-state index contributed by atoms with van der Waals surface area (Å²) in [6, 6.07) is 5.94. The van der Waals surface area contributed by atoms with Crippen molar-refractivity contribution in [3.8, 4) is 0 Å². The van der Waals surface area contributed by atoms with Gasteiger partial charge in [0.25, 0.3) is 5.91 Å². The maximum absolute atomic E-state index is 12.0. The maximum Gasteiger partial charge on any atom is 0.271 e. The van der Waals surface area contributed by atoms with Crippen LogP contribution in [0.5, 0.6) is 0 Å². The van der Waals surface area contributed by atoms with Gasteiger partial charge in [-0.25, -0.2) is 9.97 Å². The van der Waals surface area contributed by atoms with Crippen LogP contribution in [0, 0.1) is 6.92 Å². The number of thiazole rings is 1. The Morgan fingerprint density at radius 2 is 2.29 bits per heavy atom. The number of thioether (sulfide) groups is 1. The van der Waals surface area contributed by atoms with Gasteiger partial charge in [0, 0.05) is 17.3 Å². The fourth-order valence-corrected chi connectivity index (χ4v) is 3.24. The summed E-state index contributed by atoms with van der Waals surface area (Å²) >= 11 is 3.01. The molecule has 7 heteroatoms. The van der Waals surface area contributed by atoms with Gasteiger partial charge in [0.05, 0.1) is 12.2 Å². The van der Waals surface area contributed by atoms with E-state index in [1.165, 1.54) is 23.1 Å². The molecule has 0 atom stereocenters. The molecular weight excluding hydrogens is 304 g/mol. The van der Waals surface area contributed by atoms with E-state index in [4.69, 9.17) is 0 Å². The zero-order valence-corrected chi connectivity index (χ0v) is 13.3. The molecule has 0 radical (unpaired) electrons. The molecule has 0 saturated heterocycles. The number of aryl methyl sites for hydroxylation is 1. The molecule has 0 aromatic carbocycles. The topological polar surface area (TPSA) is 59.3 Å². The molecule has 0 saturated carbocycles. The number of carbonyl (C=O) groups is 1. The van der Waals surface area contributed by atoms with Crippen molar-refractivity contribution < 1.29 is 4.79 Å². The Balaban J connectivity index is 1.71. The van der Waals surface area contributed by atoms with E-state index in [9.17, 15) is 4.79 Å². The molecule has 0 spiro atoms. The van der Waals surface area contributed by atoms with Crippen molar-refractivity contribution in [2.45, 2.75) is 17.8 Å². The lowest BCUT2D eigenvalue weighted by atomic mass is 10.4. The van der Waals surface area contributed by atoms with Gasteiger partial charge in [-0.1, -0.05) is 17.8 Å². The Morgan fingerprint density at radius 3 is 3.00 bits per heavy atom. The third kappa shape index (κ3) is 2.93. The van der Waals surface area contributed by atoms with Gasteiger partial charge in [0.2, 0.25) is 0 Å². The first-order valence-corrected chi connectivity index (χ1v) is 8.49. The highest BCUT2D eigenvalue weighted by molar-refractivity contribution is 8.00. The van der Waals surface area contributed by atoms with Gasteiger partial charge in [-0.2, -0.15) is 0 Å². The van der Waals surface area contributed by atoms with Crippen LogP contribution in [0.4, 0.5) is 0 Å². The molecule has 3 aromatic rings. The smallest absolute Gasteiger partial charge is 0.271 e. The standard InChI is InChI=1S/C14H14N4OS2/c1-9-4-3-5-12-16-10(7-18(9)12)6-15-13(19)11-8-21-14(17-11)20-2/h3-5,7-8H,6H2,1-2H3,(H,15,19). The second-order valence-corrected chi connectivity index (χ2v) is 6.42. The quantitative estimate of drug-likeness (QED) is 0.752. The minimum atomic E-state index is -0.166. The largest absolute Gasteiger partial charge is 0.345 e. The van der Waals surface area contributed by atoms with Gasteiger partial charge in [-0.15, -0.1) is 11.3 Å². The summed E-state index contributed by atoms with van der Waals surface area (Å²) in [5, 5.41) is 4.63. The molecule has 3 aromatic heterocycles. The van der Waals surface area contributed by atoms with E-state index < -0.39 is 0 Å². The summed E-state index contributed by atoms with van der Waals surface area (Å²) in [7, 11) is 0. The first-order valence-electron chi connectivity index (χ1n) is 6.38. The van der Waals surface area contributed by atoms with Crippen molar-refractivity contribution in [1.82, 2.24) is 19.7 Å². The Hall–Kier alpha value is -1.86. The molecule has 3 rings (SSSR count). The number of nitrogens with one attached hydrogen (secondary N) is 1. The summed E-state index contributed by atoms with van der Waals surface area (Å²) in [5.41, 5.74) is 3.29. The fraction of sp³-hybridized carbons (Fsp3) is 0.214. The third-order valence-corrected chi connectivity index (χ3v) is 4.93. The molecule has 0 aliphatic rings. The summed E-state index contributed by atoms with van der Waals surface area (Å²) in [4.78, 5) is 20.7. The van der Waals surface area contributed by atoms with Crippen molar-refractivity contribution in [3.63, 3.8) is 0 Å². The number of rotatable bonds is 4. The molecule has 21 heavy (non-hydrogen) atoms. The molecule has 0 aliphatic carbocycles.